The van der Waals surface area contributed by atoms with E-state index in [1.165, 1.54) is 0 Å². The lowest BCUT2D eigenvalue weighted by Gasteiger charge is -2.14. The van der Waals surface area contributed by atoms with Gasteiger partial charge in [0.05, 0.1) is 15.5 Å². The molecule has 0 heterocycles. The molecule has 15 heavy (non-hydrogen) atoms. The van der Waals surface area contributed by atoms with Gasteiger partial charge in [0.25, 0.3) is 0 Å². The molecule has 1 aromatic carbocycles. The van der Waals surface area contributed by atoms with Crippen LogP contribution in [-0.4, -0.2) is 19.0 Å². The lowest BCUT2D eigenvalue weighted by atomic mass is 10.4. The Bertz CT molecular complexity index is 427. The first-order valence-corrected chi connectivity index (χ1v) is 7.03. The summed E-state index contributed by atoms with van der Waals surface area (Å²) in [6.45, 7) is 0. The van der Waals surface area contributed by atoms with Crippen molar-refractivity contribution in [3.8, 4) is 0 Å². The van der Waals surface area contributed by atoms with Crippen molar-refractivity contribution >= 4 is 21.4 Å². The Morgan fingerprint density at radius 1 is 1.13 bits per heavy atom. The van der Waals surface area contributed by atoms with Crippen LogP contribution in [0.2, 0.25) is 0 Å². The number of alkyl halides is 1. The van der Waals surface area contributed by atoms with Gasteiger partial charge in [-0.1, -0.05) is 24.6 Å². The third-order valence-corrected chi connectivity index (χ3v) is 5.80. The van der Waals surface area contributed by atoms with Gasteiger partial charge in [-0.25, -0.2) is 8.42 Å². The molecule has 0 N–H and O–H groups in total. The minimum Gasteiger partial charge on any atom is -0.223 e. The molecule has 0 spiro atoms. The van der Waals surface area contributed by atoms with E-state index in [-0.39, 0.29) is 5.38 Å². The van der Waals surface area contributed by atoms with E-state index in [1.807, 2.05) is 6.07 Å². The number of rotatable bonds is 2. The lowest BCUT2D eigenvalue weighted by molar-refractivity contribution is 0.580. The van der Waals surface area contributed by atoms with Gasteiger partial charge in [0.1, 0.15) is 0 Å². The summed E-state index contributed by atoms with van der Waals surface area (Å²) in [6.07, 6.45) is 2.40. The minimum atomic E-state index is -3.22. The molecule has 1 aromatic rings. The number of hydrogen-bond acceptors (Lipinski definition) is 2. The fourth-order valence-electron chi connectivity index (χ4n) is 2.02. The van der Waals surface area contributed by atoms with Gasteiger partial charge in [-0.15, -0.1) is 11.6 Å². The predicted octanol–water partition coefficient (Wildman–Crippen LogP) is 2.62. The highest BCUT2D eigenvalue weighted by Gasteiger charge is 2.36. The second-order valence-corrected chi connectivity index (χ2v) is 6.57. The first kappa shape index (κ1) is 11.0. The highest BCUT2D eigenvalue weighted by molar-refractivity contribution is 7.92. The van der Waals surface area contributed by atoms with E-state index >= 15 is 0 Å². The second kappa shape index (κ2) is 4.14. The third kappa shape index (κ3) is 2.04. The van der Waals surface area contributed by atoms with Gasteiger partial charge in [0, 0.05) is 0 Å². The van der Waals surface area contributed by atoms with Crippen molar-refractivity contribution < 1.29 is 8.42 Å². The molecular formula is C11H13ClO2S. The van der Waals surface area contributed by atoms with Gasteiger partial charge < -0.3 is 0 Å². The van der Waals surface area contributed by atoms with Gasteiger partial charge in [-0.2, -0.15) is 0 Å². The molecule has 1 fully saturated rings. The maximum Gasteiger partial charge on any atom is 0.182 e. The molecule has 2 atom stereocenters. The molecule has 0 radical (unpaired) electrons. The van der Waals surface area contributed by atoms with E-state index in [2.05, 4.69) is 0 Å². The summed E-state index contributed by atoms with van der Waals surface area (Å²) in [5.41, 5.74) is 0. The van der Waals surface area contributed by atoms with Crippen molar-refractivity contribution in [2.45, 2.75) is 34.8 Å². The van der Waals surface area contributed by atoms with Gasteiger partial charge in [-0.05, 0) is 25.0 Å². The summed E-state index contributed by atoms with van der Waals surface area (Å²) in [7, 11) is -3.22. The lowest BCUT2D eigenvalue weighted by Crippen LogP contribution is -2.25. The Hall–Kier alpha value is -0.540. The van der Waals surface area contributed by atoms with Crippen LogP contribution in [0.3, 0.4) is 0 Å². The largest absolute Gasteiger partial charge is 0.223 e. The van der Waals surface area contributed by atoms with Crippen molar-refractivity contribution in [1.29, 1.82) is 0 Å². The standard InChI is InChI=1S/C11H13ClO2S/c12-10-7-4-8-11(10)15(13,14)9-5-2-1-3-6-9/h1-3,5-6,10-11H,4,7-8H2/t10-,11-/m0/s1. The topological polar surface area (TPSA) is 34.1 Å². The smallest absolute Gasteiger partial charge is 0.182 e. The zero-order valence-corrected chi connectivity index (χ0v) is 9.84. The van der Waals surface area contributed by atoms with Gasteiger partial charge in [-0.3, -0.25) is 0 Å². The molecule has 82 valence electrons. The summed E-state index contributed by atoms with van der Waals surface area (Å²) in [4.78, 5) is 0.391. The molecule has 1 aliphatic carbocycles. The summed E-state index contributed by atoms with van der Waals surface area (Å²) >= 11 is 6.03. The SMILES string of the molecule is O=S(=O)(c1ccccc1)[C@H]1CCC[C@@H]1Cl. The molecule has 0 aromatic heterocycles. The highest BCUT2D eigenvalue weighted by Crippen LogP contribution is 2.33. The molecule has 4 heteroatoms. The molecule has 0 amide bonds. The molecule has 1 saturated carbocycles. The normalized spacial score (nSPS) is 26.7. The number of sulfone groups is 1. The van der Waals surface area contributed by atoms with Gasteiger partial charge >= 0.3 is 0 Å². The van der Waals surface area contributed by atoms with E-state index < -0.39 is 15.1 Å². The number of halogens is 1. The van der Waals surface area contributed by atoms with E-state index in [9.17, 15) is 8.42 Å². The maximum atomic E-state index is 12.2. The molecule has 0 unspecified atom stereocenters. The molecule has 0 bridgehead atoms. The Kier molecular flexibility index (Phi) is 3.03. The summed E-state index contributed by atoms with van der Waals surface area (Å²) in [5.74, 6) is 0. The zero-order chi connectivity index (χ0) is 10.9. The molecule has 0 aliphatic heterocycles. The Morgan fingerprint density at radius 2 is 1.80 bits per heavy atom. The van der Waals surface area contributed by atoms with Crippen LogP contribution >= 0.6 is 11.6 Å². The van der Waals surface area contributed by atoms with Crippen LogP contribution in [-0.2, 0) is 9.84 Å². The first-order chi connectivity index (χ1) is 7.12. The zero-order valence-electron chi connectivity index (χ0n) is 8.27. The van der Waals surface area contributed by atoms with Crippen LogP contribution in [0.15, 0.2) is 35.2 Å². The van der Waals surface area contributed by atoms with E-state index in [1.54, 1.807) is 24.3 Å². The Morgan fingerprint density at radius 3 is 2.33 bits per heavy atom. The van der Waals surface area contributed by atoms with E-state index in [4.69, 9.17) is 11.6 Å². The average molecular weight is 245 g/mol. The molecule has 1 aliphatic rings. The van der Waals surface area contributed by atoms with Gasteiger partial charge in [0.2, 0.25) is 0 Å². The average Bonchev–Trinajstić information content (AvgIpc) is 2.66. The summed E-state index contributed by atoms with van der Waals surface area (Å²) in [6, 6.07) is 8.57. The first-order valence-electron chi connectivity index (χ1n) is 5.05. The Balaban J connectivity index is 2.35. The minimum absolute atomic E-state index is 0.227. The number of hydrogen-bond donors (Lipinski definition) is 0. The molecule has 2 nitrogen and oxygen atoms in total. The van der Waals surface area contributed by atoms with Crippen LogP contribution in [0.5, 0.6) is 0 Å². The fraction of sp³-hybridized carbons (Fsp3) is 0.455. The van der Waals surface area contributed by atoms with E-state index in [0.717, 1.165) is 12.8 Å². The van der Waals surface area contributed by atoms with Crippen LogP contribution in [0, 0.1) is 0 Å². The van der Waals surface area contributed by atoms with Crippen LogP contribution in [0.1, 0.15) is 19.3 Å². The van der Waals surface area contributed by atoms with Crippen molar-refractivity contribution in [1.82, 2.24) is 0 Å². The Labute approximate surface area is 95.2 Å². The van der Waals surface area contributed by atoms with Gasteiger partial charge in [0.15, 0.2) is 9.84 Å². The van der Waals surface area contributed by atoms with Crippen molar-refractivity contribution in [2.24, 2.45) is 0 Å². The molecule has 0 saturated heterocycles. The summed E-state index contributed by atoms with van der Waals surface area (Å²) in [5, 5.41) is -0.628. The van der Waals surface area contributed by atoms with Crippen LogP contribution in [0.4, 0.5) is 0 Å². The second-order valence-electron chi connectivity index (χ2n) is 3.84. The van der Waals surface area contributed by atoms with E-state index in [0.29, 0.717) is 11.3 Å². The summed E-state index contributed by atoms with van der Waals surface area (Å²) < 4.78 is 24.3. The quantitative estimate of drug-likeness (QED) is 0.750. The van der Waals surface area contributed by atoms with Crippen molar-refractivity contribution in [3.63, 3.8) is 0 Å². The predicted molar refractivity (Wildman–Crippen MR) is 60.9 cm³/mol. The molecular weight excluding hydrogens is 232 g/mol. The maximum absolute atomic E-state index is 12.2. The number of benzene rings is 1. The van der Waals surface area contributed by atoms with Crippen molar-refractivity contribution in [2.75, 3.05) is 0 Å². The highest BCUT2D eigenvalue weighted by atomic mass is 35.5. The molecule has 2 rings (SSSR count). The fourth-order valence-corrected chi connectivity index (χ4v) is 4.59. The van der Waals surface area contributed by atoms with Crippen LogP contribution in [0.25, 0.3) is 0 Å². The third-order valence-electron chi connectivity index (χ3n) is 2.84. The monoisotopic (exact) mass is 244 g/mol. The van der Waals surface area contributed by atoms with Crippen molar-refractivity contribution in [3.05, 3.63) is 30.3 Å². The van der Waals surface area contributed by atoms with Crippen LogP contribution < -0.4 is 0 Å².